The van der Waals surface area contributed by atoms with Crippen molar-refractivity contribution in [2.24, 2.45) is 28.2 Å². The van der Waals surface area contributed by atoms with Gasteiger partial charge in [-0.15, -0.1) is 0 Å². The smallest absolute Gasteiger partial charge is 0.109 e. The van der Waals surface area contributed by atoms with E-state index in [1.165, 1.54) is 0 Å². The van der Waals surface area contributed by atoms with Crippen molar-refractivity contribution in [3.8, 4) is 0 Å². The third-order valence-electron chi connectivity index (χ3n) is 6.27. The van der Waals surface area contributed by atoms with Gasteiger partial charge in [-0.05, 0) is 57.3 Å². The van der Waals surface area contributed by atoms with Gasteiger partial charge in [-0.1, -0.05) is 41.5 Å². The number of rotatable bonds is 14. The molecule has 0 fully saturated rings. The van der Waals surface area contributed by atoms with Crippen molar-refractivity contribution in [1.29, 1.82) is 0 Å². The van der Waals surface area contributed by atoms with Crippen LogP contribution in [0.4, 0.5) is 0 Å². The summed E-state index contributed by atoms with van der Waals surface area (Å²) < 4.78 is 12.2. The van der Waals surface area contributed by atoms with E-state index in [0.717, 1.165) is 0 Å². The van der Waals surface area contributed by atoms with E-state index >= 15 is 0 Å². The number of nitrogens with two attached hydrogens (primary N) is 2. The lowest BCUT2D eigenvalue weighted by molar-refractivity contribution is -0.178. The van der Waals surface area contributed by atoms with E-state index in [2.05, 4.69) is 13.8 Å². The number of hydrogen-bond acceptors (Lipinski definition) is 7. The summed E-state index contributed by atoms with van der Waals surface area (Å²) in [5.74, 6) is -0.106. The average Bonchev–Trinajstić information content (AvgIpc) is 2.58. The normalized spacial score (nSPS) is 19.1. The highest BCUT2D eigenvalue weighted by atomic mass is 16.6. The quantitative estimate of drug-likeness (QED) is 0.276. The summed E-state index contributed by atoms with van der Waals surface area (Å²) in [6, 6.07) is 0. The van der Waals surface area contributed by atoms with Gasteiger partial charge in [0.15, 0.2) is 0 Å². The Labute approximate surface area is 190 Å². The molecule has 0 heterocycles. The van der Waals surface area contributed by atoms with Crippen LogP contribution in [-0.4, -0.2) is 70.6 Å². The topological polar surface area (TPSA) is 131 Å². The van der Waals surface area contributed by atoms with Crippen LogP contribution in [-0.2, 0) is 9.47 Å². The molecule has 0 saturated carbocycles. The first-order valence-corrected chi connectivity index (χ1v) is 11.5. The highest BCUT2D eigenvalue weighted by Crippen LogP contribution is 2.42. The van der Waals surface area contributed by atoms with Crippen molar-refractivity contribution in [2.45, 2.75) is 118 Å². The Bertz CT molecular complexity index is 506. The molecule has 0 radical (unpaired) electrons. The van der Waals surface area contributed by atoms with Gasteiger partial charge in [0.1, 0.15) is 12.2 Å². The SMILES string of the molecule is CC(C(O)C(C)(C)C)C(C)(C)C(CC(C)(C)N)OC(CO)C(CO)OCCC(C)(C)N. The van der Waals surface area contributed by atoms with Crippen LogP contribution >= 0.6 is 0 Å². The standard InChI is InChI=1S/C24H52N2O5/c1-16(20(29)21(2,3)4)24(9,10)19(13-23(7,8)26)31-18(15-28)17(14-27)30-12-11-22(5,6)25/h16-20,27-29H,11-15,25-26H2,1-10H3. The van der Waals surface area contributed by atoms with Crippen LogP contribution in [0.2, 0.25) is 0 Å². The van der Waals surface area contributed by atoms with Gasteiger partial charge in [0.25, 0.3) is 0 Å². The molecule has 0 saturated heterocycles. The summed E-state index contributed by atoms with van der Waals surface area (Å²) in [7, 11) is 0. The minimum absolute atomic E-state index is 0.106. The van der Waals surface area contributed by atoms with Crippen molar-refractivity contribution >= 4 is 0 Å². The number of aliphatic hydroxyl groups is 3. The molecule has 0 spiro atoms. The Morgan fingerprint density at radius 1 is 0.806 bits per heavy atom. The highest BCUT2D eigenvalue weighted by molar-refractivity contribution is 4.95. The number of aliphatic hydroxyl groups excluding tert-OH is 3. The minimum Gasteiger partial charge on any atom is -0.394 e. The number of ether oxygens (including phenoxy) is 2. The zero-order valence-corrected chi connectivity index (χ0v) is 21.7. The second-order valence-electron chi connectivity index (χ2n) is 12.3. The van der Waals surface area contributed by atoms with E-state index in [-0.39, 0.29) is 36.2 Å². The van der Waals surface area contributed by atoms with Crippen molar-refractivity contribution < 1.29 is 24.8 Å². The van der Waals surface area contributed by atoms with Crippen molar-refractivity contribution in [3.05, 3.63) is 0 Å². The van der Waals surface area contributed by atoms with E-state index in [9.17, 15) is 15.3 Å². The summed E-state index contributed by atoms with van der Waals surface area (Å²) >= 11 is 0. The summed E-state index contributed by atoms with van der Waals surface area (Å²) in [4.78, 5) is 0. The lowest BCUT2D eigenvalue weighted by Crippen LogP contribution is -2.53. The summed E-state index contributed by atoms with van der Waals surface area (Å²) in [5, 5.41) is 30.9. The van der Waals surface area contributed by atoms with Gasteiger partial charge in [0, 0.05) is 17.7 Å². The van der Waals surface area contributed by atoms with Crippen LogP contribution in [0.5, 0.6) is 0 Å². The van der Waals surface area contributed by atoms with Crippen LogP contribution in [0, 0.1) is 16.7 Å². The molecule has 5 unspecified atom stereocenters. The molecule has 5 atom stereocenters. The van der Waals surface area contributed by atoms with E-state index in [1.54, 1.807) is 0 Å². The Kier molecular flexibility index (Phi) is 11.6. The maximum Gasteiger partial charge on any atom is 0.109 e. The Morgan fingerprint density at radius 3 is 1.65 bits per heavy atom. The van der Waals surface area contributed by atoms with E-state index in [0.29, 0.717) is 19.4 Å². The molecule has 0 aliphatic rings. The summed E-state index contributed by atoms with van der Waals surface area (Å²) in [5.41, 5.74) is 10.7. The van der Waals surface area contributed by atoms with Gasteiger partial charge < -0.3 is 36.3 Å². The molecular formula is C24H52N2O5. The van der Waals surface area contributed by atoms with Crippen molar-refractivity contribution in [1.82, 2.24) is 0 Å². The molecule has 0 bridgehead atoms. The first-order chi connectivity index (χ1) is 13.8. The fraction of sp³-hybridized carbons (Fsp3) is 1.00. The molecule has 7 heteroatoms. The largest absolute Gasteiger partial charge is 0.394 e. The molecule has 0 aliphatic carbocycles. The van der Waals surface area contributed by atoms with Gasteiger partial charge in [0.2, 0.25) is 0 Å². The fourth-order valence-corrected chi connectivity index (χ4v) is 3.62. The van der Waals surface area contributed by atoms with Crippen LogP contribution in [0.25, 0.3) is 0 Å². The van der Waals surface area contributed by atoms with Gasteiger partial charge in [-0.25, -0.2) is 0 Å². The second-order valence-corrected chi connectivity index (χ2v) is 12.3. The molecule has 7 nitrogen and oxygen atoms in total. The zero-order chi connectivity index (χ0) is 24.8. The predicted molar refractivity (Wildman–Crippen MR) is 127 cm³/mol. The maximum absolute atomic E-state index is 11.0. The maximum atomic E-state index is 11.0. The molecule has 0 amide bonds. The molecule has 188 valence electrons. The lowest BCUT2D eigenvalue weighted by Gasteiger charge is -2.47. The summed E-state index contributed by atoms with van der Waals surface area (Å²) in [6.07, 6.45) is -1.21. The van der Waals surface area contributed by atoms with Gasteiger partial charge in [-0.2, -0.15) is 0 Å². The third kappa shape index (κ3) is 10.9. The van der Waals surface area contributed by atoms with Crippen LogP contribution in [0.3, 0.4) is 0 Å². The molecular weight excluding hydrogens is 396 g/mol. The monoisotopic (exact) mass is 448 g/mol. The Balaban J connectivity index is 5.68. The van der Waals surface area contributed by atoms with E-state index in [1.807, 2.05) is 55.4 Å². The molecule has 0 aliphatic heterocycles. The predicted octanol–water partition coefficient (Wildman–Crippen LogP) is 2.43. The van der Waals surface area contributed by atoms with Gasteiger partial charge >= 0.3 is 0 Å². The molecule has 31 heavy (non-hydrogen) atoms. The zero-order valence-electron chi connectivity index (χ0n) is 21.7. The van der Waals surface area contributed by atoms with Crippen molar-refractivity contribution in [3.63, 3.8) is 0 Å². The minimum atomic E-state index is -0.725. The van der Waals surface area contributed by atoms with Gasteiger partial charge in [-0.3, -0.25) is 0 Å². The molecule has 0 aromatic carbocycles. The lowest BCUT2D eigenvalue weighted by atomic mass is 9.65. The van der Waals surface area contributed by atoms with Gasteiger partial charge in [0.05, 0.1) is 25.4 Å². The van der Waals surface area contributed by atoms with Crippen LogP contribution in [0.15, 0.2) is 0 Å². The molecule has 0 rings (SSSR count). The third-order valence-corrected chi connectivity index (χ3v) is 6.27. The van der Waals surface area contributed by atoms with Crippen molar-refractivity contribution in [2.75, 3.05) is 19.8 Å². The Hall–Kier alpha value is -0.280. The first-order valence-electron chi connectivity index (χ1n) is 11.5. The summed E-state index contributed by atoms with van der Waals surface area (Å²) in [6.45, 7) is 19.6. The molecule has 7 N–H and O–H groups in total. The van der Waals surface area contributed by atoms with E-state index < -0.39 is 29.3 Å². The van der Waals surface area contributed by atoms with E-state index in [4.69, 9.17) is 20.9 Å². The number of hydrogen-bond donors (Lipinski definition) is 5. The highest BCUT2D eigenvalue weighted by Gasteiger charge is 2.45. The van der Waals surface area contributed by atoms with Crippen LogP contribution < -0.4 is 11.5 Å². The first kappa shape index (κ1) is 30.7. The van der Waals surface area contributed by atoms with Crippen LogP contribution in [0.1, 0.15) is 82.1 Å². The molecule has 0 aromatic heterocycles. The molecule has 0 aromatic rings. The average molecular weight is 449 g/mol. The Morgan fingerprint density at radius 2 is 1.29 bits per heavy atom. The second kappa shape index (κ2) is 11.7. The fourth-order valence-electron chi connectivity index (χ4n) is 3.62.